The van der Waals surface area contributed by atoms with Crippen molar-refractivity contribution < 1.29 is 24.2 Å². The van der Waals surface area contributed by atoms with E-state index < -0.39 is 30.1 Å². The molecule has 0 saturated carbocycles. The monoisotopic (exact) mass is 460 g/mol. The number of likely N-dealkylation sites (tertiary alicyclic amines) is 1. The fourth-order valence-corrected chi connectivity index (χ4v) is 4.97. The lowest BCUT2D eigenvalue weighted by Crippen LogP contribution is -2.50. The molecule has 1 aliphatic heterocycles. The first-order valence-corrected chi connectivity index (χ1v) is 11.5. The lowest BCUT2D eigenvalue weighted by molar-refractivity contribution is -0.143. The first-order valence-electron chi connectivity index (χ1n) is 11.5. The van der Waals surface area contributed by atoms with E-state index in [2.05, 4.69) is 29.3 Å². The van der Waals surface area contributed by atoms with E-state index in [4.69, 9.17) is 4.74 Å². The maximum atomic E-state index is 13.1. The van der Waals surface area contributed by atoms with Crippen LogP contribution < -0.4 is 5.32 Å². The molecular formula is C27H28N2O5. The fourth-order valence-electron chi connectivity index (χ4n) is 4.97. The van der Waals surface area contributed by atoms with Crippen LogP contribution in [0.25, 0.3) is 11.1 Å². The molecule has 1 aliphatic carbocycles. The van der Waals surface area contributed by atoms with E-state index in [1.807, 2.05) is 36.4 Å². The van der Waals surface area contributed by atoms with Gasteiger partial charge in [-0.2, -0.15) is 0 Å². The predicted molar refractivity (Wildman–Crippen MR) is 127 cm³/mol. The quantitative estimate of drug-likeness (QED) is 0.642. The Balaban J connectivity index is 1.43. The van der Waals surface area contributed by atoms with Crippen molar-refractivity contribution in [3.8, 4) is 23.0 Å². The third kappa shape index (κ3) is 4.49. The first-order chi connectivity index (χ1) is 16.4. The maximum absolute atomic E-state index is 13.1. The van der Waals surface area contributed by atoms with Crippen LogP contribution in [-0.2, 0) is 14.3 Å². The molecule has 4 rings (SSSR count). The van der Waals surface area contributed by atoms with Crippen LogP contribution in [-0.4, -0.2) is 53.2 Å². The van der Waals surface area contributed by atoms with E-state index in [9.17, 15) is 19.5 Å². The summed E-state index contributed by atoms with van der Waals surface area (Å²) in [5.41, 5.74) is 4.47. The summed E-state index contributed by atoms with van der Waals surface area (Å²) in [6.45, 7) is 3.86. The lowest BCUT2D eigenvalue weighted by atomic mass is 9.98. The molecule has 1 heterocycles. The Morgan fingerprint density at radius 1 is 1.12 bits per heavy atom. The molecule has 1 saturated heterocycles. The van der Waals surface area contributed by atoms with Gasteiger partial charge >= 0.3 is 12.1 Å². The number of carboxylic acids is 1. The van der Waals surface area contributed by atoms with Crippen molar-refractivity contribution in [1.29, 1.82) is 0 Å². The number of rotatable bonds is 6. The number of fused-ring (bicyclic) bond motifs is 3. The van der Waals surface area contributed by atoms with Gasteiger partial charge in [-0.15, -0.1) is 11.8 Å². The van der Waals surface area contributed by atoms with Gasteiger partial charge in [0.2, 0.25) is 5.91 Å². The minimum Gasteiger partial charge on any atom is -0.481 e. The van der Waals surface area contributed by atoms with E-state index >= 15 is 0 Å². The zero-order valence-corrected chi connectivity index (χ0v) is 19.3. The molecule has 3 unspecified atom stereocenters. The number of amides is 2. The van der Waals surface area contributed by atoms with Crippen molar-refractivity contribution in [2.75, 3.05) is 13.2 Å². The highest BCUT2D eigenvalue weighted by molar-refractivity contribution is 5.87. The summed E-state index contributed by atoms with van der Waals surface area (Å²) in [7, 11) is 0. The zero-order valence-electron chi connectivity index (χ0n) is 19.3. The second-order valence-electron chi connectivity index (χ2n) is 8.66. The molecule has 2 amide bonds. The fraction of sp³-hybridized carbons (Fsp3) is 0.370. The minimum atomic E-state index is -0.919. The van der Waals surface area contributed by atoms with Crippen LogP contribution in [0, 0.1) is 17.8 Å². The van der Waals surface area contributed by atoms with Gasteiger partial charge in [-0.05, 0) is 42.5 Å². The van der Waals surface area contributed by atoms with Crippen LogP contribution in [0.15, 0.2) is 48.5 Å². The Hall–Kier alpha value is -3.79. The van der Waals surface area contributed by atoms with Crippen molar-refractivity contribution >= 4 is 18.0 Å². The average Bonchev–Trinajstić information content (AvgIpc) is 3.38. The topological polar surface area (TPSA) is 95.9 Å². The smallest absolute Gasteiger partial charge is 0.407 e. The molecule has 176 valence electrons. The van der Waals surface area contributed by atoms with Gasteiger partial charge in [0.05, 0.1) is 5.92 Å². The third-order valence-corrected chi connectivity index (χ3v) is 6.77. The Morgan fingerprint density at radius 3 is 2.29 bits per heavy atom. The number of aliphatic carboxylic acids is 1. The molecule has 7 nitrogen and oxygen atoms in total. The Morgan fingerprint density at radius 2 is 1.74 bits per heavy atom. The number of ether oxygens (including phenoxy) is 1. The number of alkyl carbamates (subject to hydrolysis) is 1. The highest BCUT2D eigenvalue weighted by atomic mass is 16.5. The zero-order chi connectivity index (χ0) is 24.2. The normalized spacial score (nSPS) is 19.4. The summed E-state index contributed by atoms with van der Waals surface area (Å²) in [5.74, 6) is 3.63. The van der Waals surface area contributed by atoms with E-state index in [1.54, 1.807) is 13.8 Å². The molecule has 0 bridgehead atoms. The molecule has 0 spiro atoms. The summed E-state index contributed by atoms with van der Waals surface area (Å²) in [4.78, 5) is 38.8. The standard InChI is InChI=1S/C27H28N2O5/c1-3-4-13-24(25(30)29-15-14-18(17(29)2)26(31)32)28-27(33)34-16-23-21-11-7-5-9-19(21)20-10-6-8-12-22(20)23/h5-12,17-18,23-24H,13-16H2,1-2H3,(H,28,33)(H,31,32). The van der Waals surface area contributed by atoms with Gasteiger partial charge in [-0.1, -0.05) is 48.5 Å². The second kappa shape index (κ2) is 10.0. The molecule has 1 fully saturated rings. The molecular weight excluding hydrogens is 432 g/mol. The molecule has 2 N–H and O–H groups in total. The van der Waals surface area contributed by atoms with Crippen LogP contribution in [0.4, 0.5) is 4.79 Å². The van der Waals surface area contributed by atoms with Crippen LogP contribution in [0.5, 0.6) is 0 Å². The molecule has 2 aromatic rings. The van der Waals surface area contributed by atoms with Crippen LogP contribution in [0.3, 0.4) is 0 Å². The Bertz CT molecular complexity index is 1120. The molecule has 7 heteroatoms. The van der Waals surface area contributed by atoms with Gasteiger partial charge in [-0.25, -0.2) is 4.79 Å². The van der Waals surface area contributed by atoms with Gasteiger partial charge in [-0.3, -0.25) is 9.59 Å². The number of carbonyl (C=O) groups is 3. The van der Waals surface area contributed by atoms with Crippen molar-refractivity contribution in [2.45, 2.75) is 44.7 Å². The first kappa shape index (κ1) is 23.4. The molecule has 0 aromatic heterocycles. The Labute approximate surface area is 199 Å². The maximum Gasteiger partial charge on any atom is 0.407 e. The SMILES string of the molecule is CC#CCC(NC(=O)OCC1c2ccccc2-c2ccccc21)C(=O)N1CCC(C(=O)O)C1C. The summed E-state index contributed by atoms with van der Waals surface area (Å²) < 4.78 is 5.59. The molecule has 3 atom stereocenters. The largest absolute Gasteiger partial charge is 0.481 e. The van der Waals surface area contributed by atoms with E-state index in [0.29, 0.717) is 13.0 Å². The summed E-state index contributed by atoms with van der Waals surface area (Å²) in [5, 5.41) is 12.0. The highest BCUT2D eigenvalue weighted by Gasteiger charge is 2.40. The van der Waals surface area contributed by atoms with Gasteiger partial charge in [0.25, 0.3) is 0 Å². The number of nitrogens with one attached hydrogen (secondary N) is 1. The molecule has 2 aliphatic rings. The third-order valence-electron chi connectivity index (χ3n) is 6.77. The van der Waals surface area contributed by atoms with Crippen molar-refractivity contribution in [2.24, 2.45) is 5.92 Å². The number of nitrogens with zero attached hydrogens (tertiary/aromatic N) is 1. The predicted octanol–water partition coefficient (Wildman–Crippen LogP) is 3.63. The van der Waals surface area contributed by atoms with Crippen LogP contribution in [0.2, 0.25) is 0 Å². The second-order valence-corrected chi connectivity index (χ2v) is 8.66. The van der Waals surface area contributed by atoms with Crippen molar-refractivity contribution in [1.82, 2.24) is 10.2 Å². The van der Waals surface area contributed by atoms with Crippen molar-refractivity contribution in [3.63, 3.8) is 0 Å². The number of carboxylic acid groups (broad SMARTS) is 1. The minimum absolute atomic E-state index is 0.0855. The summed E-state index contributed by atoms with van der Waals surface area (Å²) >= 11 is 0. The van der Waals surface area contributed by atoms with Crippen LogP contribution >= 0.6 is 0 Å². The van der Waals surface area contributed by atoms with Gasteiger partial charge in [0.1, 0.15) is 12.6 Å². The summed E-state index contributed by atoms with van der Waals surface area (Å²) in [6, 6.07) is 14.8. The average molecular weight is 461 g/mol. The van der Waals surface area contributed by atoms with Gasteiger partial charge in [0.15, 0.2) is 0 Å². The van der Waals surface area contributed by atoms with E-state index in [0.717, 1.165) is 22.3 Å². The van der Waals surface area contributed by atoms with Crippen molar-refractivity contribution in [3.05, 3.63) is 59.7 Å². The molecule has 34 heavy (non-hydrogen) atoms. The summed E-state index contributed by atoms with van der Waals surface area (Å²) in [6.07, 6.45) is -0.181. The number of benzene rings is 2. The van der Waals surface area contributed by atoms with E-state index in [1.165, 1.54) is 4.90 Å². The lowest BCUT2D eigenvalue weighted by Gasteiger charge is -2.27. The van der Waals surface area contributed by atoms with Crippen LogP contribution in [0.1, 0.15) is 43.7 Å². The number of hydrogen-bond donors (Lipinski definition) is 2. The van der Waals surface area contributed by atoms with E-state index in [-0.39, 0.29) is 24.9 Å². The van der Waals surface area contributed by atoms with Gasteiger partial charge in [0, 0.05) is 24.9 Å². The number of carbonyl (C=O) groups excluding carboxylic acids is 2. The molecule has 2 aromatic carbocycles. The molecule has 0 radical (unpaired) electrons. The highest BCUT2D eigenvalue weighted by Crippen LogP contribution is 2.44. The number of hydrogen-bond acceptors (Lipinski definition) is 4. The Kier molecular flexibility index (Phi) is 6.87. The van der Waals surface area contributed by atoms with Gasteiger partial charge < -0.3 is 20.1 Å².